The summed E-state index contributed by atoms with van der Waals surface area (Å²) in [6.45, 7) is 4.20. The van der Waals surface area contributed by atoms with E-state index in [1.165, 1.54) is 30.0 Å². The number of nitrogens with zero attached hydrogens (tertiary/aromatic N) is 3. The van der Waals surface area contributed by atoms with Crippen molar-refractivity contribution in [3.8, 4) is 5.75 Å². The third kappa shape index (κ3) is 5.18. The number of hydrogen-bond donors (Lipinski definition) is 3. The summed E-state index contributed by atoms with van der Waals surface area (Å²) in [6.07, 6.45) is 2.91. The summed E-state index contributed by atoms with van der Waals surface area (Å²) in [5.74, 6) is 0.125. The molecule has 0 radical (unpaired) electrons. The normalized spacial score (nSPS) is 21.5. The van der Waals surface area contributed by atoms with Crippen molar-refractivity contribution in [2.75, 3.05) is 29.2 Å². The van der Waals surface area contributed by atoms with Gasteiger partial charge in [-0.2, -0.15) is 9.86 Å². The van der Waals surface area contributed by atoms with Crippen LogP contribution < -0.4 is 20.9 Å². The SMILES string of the molecule is COP1(=O)N=C(c2c(O)c(C3C=CSC3)nn(CC(C)C)c2=O)Nc2ccc(NS(C)(=O)=O)cc21. The van der Waals surface area contributed by atoms with E-state index >= 15 is 0 Å². The van der Waals surface area contributed by atoms with Gasteiger partial charge in [-0.1, -0.05) is 19.9 Å². The highest BCUT2D eigenvalue weighted by Gasteiger charge is 2.36. The summed E-state index contributed by atoms with van der Waals surface area (Å²) in [5.41, 5.74) is 0.0900. The number of sulfonamides is 1. The van der Waals surface area contributed by atoms with Crippen LogP contribution >= 0.6 is 19.3 Å². The lowest BCUT2D eigenvalue weighted by Crippen LogP contribution is -2.36. The van der Waals surface area contributed by atoms with Gasteiger partial charge < -0.3 is 14.9 Å². The summed E-state index contributed by atoms with van der Waals surface area (Å²) in [7, 11) is -6.29. The third-order valence-corrected chi connectivity index (χ3v) is 8.75. The second-order valence-electron chi connectivity index (χ2n) is 8.64. The number of aromatic hydroxyl groups is 1. The minimum absolute atomic E-state index is 0.103. The molecule has 0 bridgehead atoms. The number of fused-ring (bicyclic) bond motifs is 1. The molecular formula is C21H26N5O6PS2. The standard InChI is InChI=1S/C21H26N5O6PS2/c1-12(2)10-26-21(28)17(19(27)18(23-26)13-7-8-34-11-13)20-22-15-6-5-14(25-35(4,30)31)9-16(15)33(29,24-20)32-3/h5-9,12-13,25,27H,10-11H2,1-4H3,(H,22,24,29). The van der Waals surface area contributed by atoms with E-state index in [1.807, 2.05) is 25.3 Å². The van der Waals surface area contributed by atoms with E-state index in [0.717, 1.165) is 6.26 Å². The molecule has 0 spiro atoms. The van der Waals surface area contributed by atoms with E-state index in [2.05, 4.69) is 19.9 Å². The molecule has 4 rings (SSSR count). The Labute approximate surface area is 207 Å². The molecule has 1 aromatic carbocycles. The zero-order chi connectivity index (χ0) is 25.5. The van der Waals surface area contributed by atoms with Crippen LogP contribution in [0, 0.1) is 5.92 Å². The van der Waals surface area contributed by atoms with E-state index < -0.39 is 23.1 Å². The number of hydrogen-bond acceptors (Lipinski definition) is 9. The molecular weight excluding hydrogens is 513 g/mol. The fourth-order valence-electron chi connectivity index (χ4n) is 3.79. The van der Waals surface area contributed by atoms with E-state index in [4.69, 9.17) is 4.52 Å². The maximum atomic E-state index is 13.7. The fourth-order valence-corrected chi connectivity index (χ4v) is 6.77. The van der Waals surface area contributed by atoms with Crippen LogP contribution in [0.2, 0.25) is 0 Å². The second-order valence-corrected chi connectivity index (χ2v) is 13.4. The number of benzene rings is 1. The molecule has 14 heteroatoms. The quantitative estimate of drug-likeness (QED) is 0.451. The average molecular weight is 540 g/mol. The molecule has 0 saturated carbocycles. The molecule has 0 aliphatic carbocycles. The Balaban J connectivity index is 1.88. The molecule has 0 saturated heterocycles. The Hall–Kier alpha value is -2.60. The predicted molar refractivity (Wildman–Crippen MR) is 139 cm³/mol. The van der Waals surface area contributed by atoms with E-state index in [-0.39, 0.29) is 40.0 Å². The highest BCUT2D eigenvalue weighted by molar-refractivity contribution is 8.02. The van der Waals surface area contributed by atoms with Crippen LogP contribution in [-0.4, -0.2) is 48.3 Å². The van der Waals surface area contributed by atoms with Crippen molar-refractivity contribution < 1.29 is 22.6 Å². The van der Waals surface area contributed by atoms with Crippen LogP contribution in [0.4, 0.5) is 11.4 Å². The van der Waals surface area contributed by atoms with Gasteiger partial charge in [0.2, 0.25) is 10.0 Å². The molecule has 2 aromatic rings. The van der Waals surface area contributed by atoms with Gasteiger partial charge in [-0.3, -0.25) is 14.1 Å². The van der Waals surface area contributed by atoms with Crippen molar-refractivity contribution in [1.82, 2.24) is 9.78 Å². The monoisotopic (exact) mass is 539 g/mol. The highest BCUT2D eigenvalue weighted by Crippen LogP contribution is 2.52. The van der Waals surface area contributed by atoms with Gasteiger partial charge in [0, 0.05) is 31.0 Å². The molecule has 2 aliphatic rings. The molecule has 2 unspecified atom stereocenters. The Kier molecular flexibility index (Phi) is 6.89. The van der Waals surface area contributed by atoms with Crippen LogP contribution in [0.5, 0.6) is 5.75 Å². The maximum Gasteiger partial charge on any atom is 0.348 e. The van der Waals surface area contributed by atoms with Gasteiger partial charge >= 0.3 is 7.52 Å². The Morgan fingerprint density at radius 2 is 2.14 bits per heavy atom. The van der Waals surface area contributed by atoms with Crippen molar-refractivity contribution in [3.63, 3.8) is 0 Å². The first-order valence-corrected chi connectivity index (χ1v) is 15.2. The first-order valence-electron chi connectivity index (χ1n) is 10.7. The molecule has 3 N–H and O–H groups in total. The number of anilines is 2. The predicted octanol–water partition coefficient (Wildman–Crippen LogP) is 2.66. The first-order chi connectivity index (χ1) is 16.4. The molecule has 2 atom stereocenters. The van der Waals surface area contributed by atoms with Gasteiger partial charge in [0.25, 0.3) is 5.56 Å². The molecule has 3 heterocycles. The van der Waals surface area contributed by atoms with Crippen molar-refractivity contribution in [2.24, 2.45) is 10.7 Å². The lowest BCUT2D eigenvalue weighted by atomic mass is 10.0. The van der Waals surface area contributed by atoms with Crippen molar-refractivity contribution in [2.45, 2.75) is 26.3 Å². The summed E-state index contributed by atoms with van der Waals surface area (Å²) in [5, 5.41) is 20.6. The van der Waals surface area contributed by atoms with Crippen LogP contribution in [0.25, 0.3) is 0 Å². The van der Waals surface area contributed by atoms with Gasteiger partial charge in [-0.05, 0) is 29.5 Å². The zero-order valence-electron chi connectivity index (χ0n) is 19.5. The fraction of sp³-hybridized carbons (Fsp3) is 0.381. The lowest BCUT2D eigenvalue weighted by Gasteiger charge is -2.25. The van der Waals surface area contributed by atoms with Gasteiger partial charge in [0.1, 0.15) is 11.3 Å². The number of amidine groups is 1. The van der Waals surface area contributed by atoms with Crippen molar-refractivity contribution in [1.29, 1.82) is 0 Å². The Morgan fingerprint density at radius 1 is 1.40 bits per heavy atom. The number of allylic oxidation sites excluding steroid dienone is 1. The summed E-state index contributed by atoms with van der Waals surface area (Å²) >= 11 is 1.57. The Bertz CT molecular complexity index is 1450. The minimum atomic E-state index is -3.93. The van der Waals surface area contributed by atoms with Crippen molar-refractivity contribution in [3.05, 3.63) is 51.3 Å². The van der Waals surface area contributed by atoms with E-state index in [1.54, 1.807) is 11.8 Å². The molecule has 188 valence electrons. The molecule has 2 aliphatic heterocycles. The third-order valence-electron chi connectivity index (χ3n) is 5.30. The Morgan fingerprint density at radius 3 is 2.74 bits per heavy atom. The first kappa shape index (κ1) is 25.5. The maximum absolute atomic E-state index is 13.7. The summed E-state index contributed by atoms with van der Waals surface area (Å²) < 4.78 is 50.1. The van der Waals surface area contributed by atoms with Gasteiger partial charge in [0.05, 0.1) is 17.2 Å². The van der Waals surface area contributed by atoms with E-state index in [9.17, 15) is 22.9 Å². The molecule has 11 nitrogen and oxygen atoms in total. The smallest absolute Gasteiger partial charge is 0.348 e. The number of thioether (sulfide) groups is 1. The molecule has 0 amide bonds. The largest absolute Gasteiger partial charge is 0.505 e. The van der Waals surface area contributed by atoms with Gasteiger partial charge in [-0.15, -0.1) is 11.8 Å². The topological polar surface area (TPSA) is 152 Å². The van der Waals surface area contributed by atoms with Crippen molar-refractivity contribution >= 4 is 51.8 Å². The van der Waals surface area contributed by atoms with Crippen LogP contribution in [0.15, 0.2) is 39.2 Å². The van der Waals surface area contributed by atoms with Crippen LogP contribution in [0.3, 0.4) is 0 Å². The number of rotatable bonds is 7. The second kappa shape index (κ2) is 9.45. The minimum Gasteiger partial charge on any atom is -0.505 e. The van der Waals surface area contributed by atoms with Gasteiger partial charge in [-0.25, -0.2) is 13.1 Å². The lowest BCUT2D eigenvalue weighted by molar-refractivity contribution is 0.404. The van der Waals surface area contributed by atoms with E-state index in [0.29, 0.717) is 23.7 Å². The molecule has 35 heavy (non-hydrogen) atoms. The zero-order valence-corrected chi connectivity index (χ0v) is 22.1. The highest BCUT2D eigenvalue weighted by atomic mass is 32.2. The van der Waals surface area contributed by atoms with Gasteiger partial charge in [0.15, 0.2) is 11.6 Å². The molecule has 1 aromatic heterocycles. The average Bonchev–Trinajstić information content (AvgIpc) is 3.29. The van der Waals surface area contributed by atoms with Crippen LogP contribution in [-0.2, 0) is 25.7 Å². The summed E-state index contributed by atoms with van der Waals surface area (Å²) in [4.78, 5) is 13.4. The molecule has 0 fully saturated rings. The number of nitrogens with one attached hydrogen (secondary N) is 2. The van der Waals surface area contributed by atoms with Crippen LogP contribution in [0.1, 0.15) is 31.0 Å². The summed E-state index contributed by atoms with van der Waals surface area (Å²) in [6, 6.07) is 4.35. The number of aromatic nitrogens is 2.